The van der Waals surface area contributed by atoms with E-state index in [1.807, 2.05) is 45.0 Å². The molecule has 3 heteroatoms. The SMILES string of the molecule is Cc1cc([N+]#N)c(N(C)C)cc1C. The maximum atomic E-state index is 8.78. The molecule has 0 aliphatic rings. The molecule has 0 aromatic heterocycles. The summed E-state index contributed by atoms with van der Waals surface area (Å²) in [6, 6.07) is 3.90. The molecule has 3 nitrogen and oxygen atoms in total. The Morgan fingerprint density at radius 2 is 1.69 bits per heavy atom. The van der Waals surface area contributed by atoms with Crippen LogP contribution in [0.1, 0.15) is 11.1 Å². The van der Waals surface area contributed by atoms with Crippen LogP contribution in [0.4, 0.5) is 11.4 Å². The van der Waals surface area contributed by atoms with Crippen molar-refractivity contribution in [2.75, 3.05) is 19.0 Å². The highest BCUT2D eigenvalue weighted by Crippen LogP contribution is 2.30. The van der Waals surface area contributed by atoms with Crippen molar-refractivity contribution in [3.8, 4) is 0 Å². The normalized spacial score (nSPS) is 9.46. The summed E-state index contributed by atoms with van der Waals surface area (Å²) < 4.78 is 0. The van der Waals surface area contributed by atoms with Gasteiger partial charge in [-0.1, -0.05) is 0 Å². The number of aryl methyl sites for hydroxylation is 2. The zero-order chi connectivity index (χ0) is 10.0. The van der Waals surface area contributed by atoms with Gasteiger partial charge in [-0.05, 0) is 31.0 Å². The van der Waals surface area contributed by atoms with E-state index in [0.29, 0.717) is 5.69 Å². The van der Waals surface area contributed by atoms with Gasteiger partial charge in [-0.3, -0.25) is 0 Å². The average molecular weight is 176 g/mol. The lowest BCUT2D eigenvalue weighted by atomic mass is 10.1. The van der Waals surface area contributed by atoms with Crippen molar-refractivity contribution >= 4 is 11.4 Å². The first-order chi connectivity index (χ1) is 6.06. The molecule has 1 rings (SSSR count). The van der Waals surface area contributed by atoms with Crippen LogP contribution in [0.2, 0.25) is 0 Å². The van der Waals surface area contributed by atoms with Gasteiger partial charge >= 0.3 is 5.69 Å². The zero-order valence-electron chi connectivity index (χ0n) is 8.50. The van der Waals surface area contributed by atoms with Gasteiger partial charge in [-0.25, -0.2) is 0 Å². The van der Waals surface area contributed by atoms with Gasteiger partial charge in [0.25, 0.3) is 0 Å². The predicted octanol–water partition coefficient (Wildman–Crippen LogP) is 2.85. The van der Waals surface area contributed by atoms with Gasteiger partial charge < -0.3 is 4.90 Å². The molecule has 0 fully saturated rings. The third-order valence-electron chi connectivity index (χ3n) is 2.18. The Morgan fingerprint density at radius 3 is 2.15 bits per heavy atom. The van der Waals surface area contributed by atoms with Crippen molar-refractivity contribution in [2.24, 2.45) is 0 Å². The predicted molar refractivity (Wildman–Crippen MR) is 55.0 cm³/mol. The van der Waals surface area contributed by atoms with Crippen LogP contribution >= 0.6 is 0 Å². The van der Waals surface area contributed by atoms with E-state index in [1.165, 1.54) is 5.56 Å². The second kappa shape index (κ2) is 3.44. The molecule has 68 valence electrons. The highest BCUT2D eigenvalue weighted by molar-refractivity contribution is 5.72. The fourth-order valence-electron chi connectivity index (χ4n) is 1.22. The molecule has 13 heavy (non-hydrogen) atoms. The van der Waals surface area contributed by atoms with Gasteiger partial charge in [-0.15, -0.1) is 0 Å². The van der Waals surface area contributed by atoms with E-state index in [1.54, 1.807) is 0 Å². The Hall–Kier alpha value is -1.56. The zero-order valence-corrected chi connectivity index (χ0v) is 8.50. The first-order valence-electron chi connectivity index (χ1n) is 4.20. The number of benzene rings is 1. The molecule has 0 aliphatic heterocycles. The third-order valence-corrected chi connectivity index (χ3v) is 2.18. The number of diazo groups is 1. The third kappa shape index (κ3) is 1.78. The molecule has 0 spiro atoms. The second-order valence-corrected chi connectivity index (χ2v) is 3.42. The molecule has 0 heterocycles. The van der Waals surface area contributed by atoms with E-state index < -0.39 is 0 Å². The Labute approximate surface area is 78.6 Å². The molecule has 1 aromatic rings. The summed E-state index contributed by atoms with van der Waals surface area (Å²) in [6.45, 7) is 4.05. The Bertz CT molecular complexity index is 361. The minimum Gasteiger partial charge on any atom is -0.371 e. The smallest absolute Gasteiger partial charge is 0.371 e. The maximum absolute atomic E-state index is 8.78. The van der Waals surface area contributed by atoms with Gasteiger partial charge in [0.2, 0.25) is 5.39 Å². The van der Waals surface area contributed by atoms with Crippen molar-refractivity contribution in [1.29, 1.82) is 5.39 Å². The summed E-state index contributed by atoms with van der Waals surface area (Å²) in [5, 5.41) is 8.78. The Morgan fingerprint density at radius 1 is 1.15 bits per heavy atom. The van der Waals surface area contributed by atoms with E-state index in [4.69, 9.17) is 5.39 Å². The van der Waals surface area contributed by atoms with E-state index in [2.05, 4.69) is 4.98 Å². The minimum absolute atomic E-state index is 0.619. The van der Waals surface area contributed by atoms with Crippen LogP contribution in [-0.4, -0.2) is 14.1 Å². The van der Waals surface area contributed by atoms with Crippen LogP contribution in [0, 0.1) is 19.2 Å². The summed E-state index contributed by atoms with van der Waals surface area (Å²) in [5.74, 6) is 0. The highest BCUT2D eigenvalue weighted by Gasteiger charge is 2.16. The summed E-state index contributed by atoms with van der Waals surface area (Å²) in [6.07, 6.45) is 0. The van der Waals surface area contributed by atoms with Crippen molar-refractivity contribution < 1.29 is 0 Å². The van der Waals surface area contributed by atoms with E-state index in [-0.39, 0.29) is 0 Å². The number of hydrogen-bond donors (Lipinski definition) is 0. The lowest BCUT2D eigenvalue weighted by Crippen LogP contribution is -2.09. The van der Waals surface area contributed by atoms with Gasteiger partial charge in [0, 0.05) is 20.2 Å². The molecule has 0 saturated carbocycles. The summed E-state index contributed by atoms with van der Waals surface area (Å²) in [4.78, 5) is 5.18. The molecule has 0 atom stereocenters. The van der Waals surface area contributed by atoms with Crippen LogP contribution in [-0.2, 0) is 0 Å². The molecular weight excluding hydrogens is 162 g/mol. The van der Waals surface area contributed by atoms with Crippen molar-refractivity contribution in [3.05, 3.63) is 28.2 Å². The van der Waals surface area contributed by atoms with Crippen LogP contribution in [0.15, 0.2) is 12.1 Å². The number of anilines is 1. The number of rotatable bonds is 1. The van der Waals surface area contributed by atoms with Crippen LogP contribution in [0.5, 0.6) is 0 Å². The molecule has 1 aromatic carbocycles. The molecule has 0 radical (unpaired) electrons. The Kier molecular flexibility index (Phi) is 2.52. The largest absolute Gasteiger partial charge is 0.408 e. The topological polar surface area (TPSA) is 31.4 Å². The van der Waals surface area contributed by atoms with Gasteiger partial charge in [0.05, 0.1) is 0 Å². The van der Waals surface area contributed by atoms with Gasteiger partial charge in [0.1, 0.15) is 5.69 Å². The Balaban J connectivity index is 3.35. The first-order valence-corrected chi connectivity index (χ1v) is 4.20. The first kappa shape index (κ1) is 9.53. The summed E-state index contributed by atoms with van der Waals surface area (Å²) >= 11 is 0. The van der Waals surface area contributed by atoms with Crippen molar-refractivity contribution in [2.45, 2.75) is 13.8 Å². The van der Waals surface area contributed by atoms with Gasteiger partial charge in [0.15, 0.2) is 4.98 Å². The number of hydrogen-bond acceptors (Lipinski definition) is 2. The van der Waals surface area contributed by atoms with E-state index in [0.717, 1.165) is 11.3 Å². The van der Waals surface area contributed by atoms with E-state index in [9.17, 15) is 0 Å². The van der Waals surface area contributed by atoms with Crippen LogP contribution in [0.25, 0.3) is 4.98 Å². The molecule has 0 N–H and O–H groups in total. The quantitative estimate of drug-likeness (QED) is 0.616. The molecule has 0 unspecified atom stereocenters. The highest BCUT2D eigenvalue weighted by atomic mass is 15.1. The summed E-state index contributed by atoms with van der Waals surface area (Å²) in [5.41, 5.74) is 3.90. The second-order valence-electron chi connectivity index (χ2n) is 3.42. The van der Waals surface area contributed by atoms with Gasteiger partial charge in [-0.2, -0.15) is 0 Å². The molecule has 0 saturated heterocycles. The molecule has 0 aliphatic carbocycles. The lowest BCUT2D eigenvalue weighted by Gasteiger charge is -2.10. The fourth-order valence-corrected chi connectivity index (χ4v) is 1.22. The van der Waals surface area contributed by atoms with Crippen molar-refractivity contribution in [1.82, 2.24) is 0 Å². The monoisotopic (exact) mass is 176 g/mol. The van der Waals surface area contributed by atoms with Crippen molar-refractivity contribution in [3.63, 3.8) is 0 Å². The molecule has 0 amide bonds. The average Bonchev–Trinajstić information content (AvgIpc) is 2.08. The lowest BCUT2D eigenvalue weighted by molar-refractivity contribution is 1.12. The van der Waals surface area contributed by atoms with Crippen LogP contribution < -0.4 is 4.90 Å². The standard InChI is InChI=1S/C10H14N3/c1-7-5-9(12-11)10(13(3)4)6-8(7)2/h5-6H,1-4H3/q+1. The number of nitrogens with zero attached hydrogens (tertiary/aromatic N) is 3. The molecule has 0 bridgehead atoms. The van der Waals surface area contributed by atoms with Crippen LogP contribution in [0.3, 0.4) is 0 Å². The minimum atomic E-state index is 0.619. The fraction of sp³-hybridized carbons (Fsp3) is 0.400. The summed E-state index contributed by atoms with van der Waals surface area (Å²) in [7, 11) is 3.86. The molecular formula is C10H14N3+. The van der Waals surface area contributed by atoms with E-state index >= 15 is 0 Å². The maximum Gasteiger partial charge on any atom is 0.408 e.